The number of nitro benzene ring substituents is 1. The third-order valence-electron chi connectivity index (χ3n) is 3.16. The van der Waals surface area contributed by atoms with Crippen molar-refractivity contribution >= 4 is 35.6 Å². The predicted molar refractivity (Wildman–Crippen MR) is 101 cm³/mol. The third-order valence-corrected chi connectivity index (χ3v) is 3.16. The van der Waals surface area contributed by atoms with Crippen LogP contribution in [-0.4, -0.2) is 29.0 Å². The number of nitrogens with one attached hydrogen (secondary N) is 2. The zero-order valence-corrected chi connectivity index (χ0v) is 15.1. The molecule has 0 bridgehead atoms. The Kier molecular flexibility index (Phi) is 8.09. The van der Waals surface area contributed by atoms with Gasteiger partial charge < -0.3 is 15.2 Å². The first-order valence-electron chi connectivity index (χ1n) is 6.97. The Bertz CT molecular complexity index is 626. The van der Waals surface area contributed by atoms with Crippen LogP contribution in [0.4, 0.5) is 5.69 Å². The van der Waals surface area contributed by atoms with E-state index in [1.807, 2.05) is 24.5 Å². The minimum absolute atomic E-state index is 0. The molecule has 0 saturated carbocycles. The minimum atomic E-state index is -0.404. The summed E-state index contributed by atoms with van der Waals surface area (Å²) in [6.45, 7) is 2.17. The van der Waals surface area contributed by atoms with E-state index in [-0.39, 0.29) is 29.7 Å². The topological polar surface area (TPSA) is 84.5 Å². The zero-order chi connectivity index (χ0) is 15.8. The highest BCUT2D eigenvalue weighted by molar-refractivity contribution is 14.0. The van der Waals surface area contributed by atoms with E-state index < -0.39 is 4.92 Å². The minimum Gasteiger partial charge on any atom is -0.355 e. The summed E-state index contributed by atoms with van der Waals surface area (Å²) in [4.78, 5) is 14.3. The zero-order valence-electron chi connectivity index (χ0n) is 12.8. The van der Waals surface area contributed by atoms with Crippen LogP contribution >= 0.6 is 24.0 Å². The monoisotopic (exact) mass is 429 g/mol. The van der Waals surface area contributed by atoms with Gasteiger partial charge >= 0.3 is 0 Å². The first-order chi connectivity index (χ1) is 10.7. The molecule has 0 atom stereocenters. The van der Waals surface area contributed by atoms with Crippen LogP contribution in [0, 0.1) is 10.1 Å². The van der Waals surface area contributed by atoms with Crippen molar-refractivity contribution in [2.24, 2.45) is 4.99 Å². The molecule has 0 saturated heterocycles. The highest BCUT2D eigenvalue weighted by atomic mass is 127. The van der Waals surface area contributed by atoms with Crippen molar-refractivity contribution in [2.75, 3.05) is 13.6 Å². The number of non-ortho nitro benzene ring substituents is 1. The fourth-order valence-corrected chi connectivity index (χ4v) is 1.96. The van der Waals surface area contributed by atoms with Crippen molar-refractivity contribution in [2.45, 2.75) is 13.1 Å². The average Bonchev–Trinajstić information content (AvgIpc) is 3.04. The first-order valence-corrected chi connectivity index (χ1v) is 6.97. The summed E-state index contributed by atoms with van der Waals surface area (Å²) in [6.07, 6.45) is 4.02. The van der Waals surface area contributed by atoms with Crippen molar-refractivity contribution in [1.29, 1.82) is 0 Å². The van der Waals surface area contributed by atoms with Gasteiger partial charge in [-0.1, -0.05) is 12.1 Å². The molecule has 2 N–H and O–H groups in total. The summed E-state index contributed by atoms with van der Waals surface area (Å²) >= 11 is 0. The maximum absolute atomic E-state index is 10.6. The van der Waals surface area contributed by atoms with Crippen LogP contribution < -0.4 is 10.6 Å². The number of halogens is 1. The molecule has 1 aromatic heterocycles. The fourth-order valence-electron chi connectivity index (χ4n) is 1.96. The first kappa shape index (κ1) is 18.9. The second kappa shape index (κ2) is 9.82. The van der Waals surface area contributed by atoms with Gasteiger partial charge in [0, 0.05) is 51.2 Å². The van der Waals surface area contributed by atoms with Crippen molar-refractivity contribution in [3.8, 4) is 0 Å². The smallest absolute Gasteiger partial charge is 0.269 e. The van der Waals surface area contributed by atoms with Crippen molar-refractivity contribution < 1.29 is 4.92 Å². The van der Waals surface area contributed by atoms with E-state index in [0.29, 0.717) is 12.5 Å². The quantitative estimate of drug-likeness (QED) is 0.243. The number of nitro groups is 1. The van der Waals surface area contributed by atoms with Gasteiger partial charge in [-0.05, 0) is 17.7 Å². The molecule has 23 heavy (non-hydrogen) atoms. The van der Waals surface area contributed by atoms with Gasteiger partial charge in [-0.3, -0.25) is 15.1 Å². The lowest BCUT2D eigenvalue weighted by Crippen LogP contribution is -2.38. The van der Waals surface area contributed by atoms with Crippen LogP contribution in [-0.2, 0) is 13.1 Å². The Morgan fingerprint density at radius 3 is 2.43 bits per heavy atom. The maximum atomic E-state index is 10.6. The van der Waals surface area contributed by atoms with Crippen LogP contribution in [0.15, 0.2) is 53.8 Å². The molecule has 2 rings (SSSR count). The lowest BCUT2D eigenvalue weighted by molar-refractivity contribution is -0.384. The van der Waals surface area contributed by atoms with Gasteiger partial charge in [0.2, 0.25) is 0 Å². The molecule has 0 radical (unpaired) electrons. The van der Waals surface area contributed by atoms with Crippen molar-refractivity contribution in [1.82, 2.24) is 15.2 Å². The molecule has 0 aliphatic rings. The van der Waals surface area contributed by atoms with E-state index in [2.05, 4.69) is 20.2 Å². The number of guanidine groups is 1. The summed E-state index contributed by atoms with van der Waals surface area (Å²) in [5, 5.41) is 17.0. The second-order valence-electron chi connectivity index (χ2n) is 4.70. The predicted octanol–water partition coefficient (Wildman–Crippen LogP) is 2.38. The van der Waals surface area contributed by atoms with Crippen LogP contribution in [0.25, 0.3) is 0 Å². The van der Waals surface area contributed by atoms with Gasteiger partial charge in [0.15, 0.2) is 5.96 Å². The molecule has 8 heteroatoms. The van der Waals surface area contributed by atoms with Gasteiger partial charge in [0.1, 0.15) is 0 Å². The van der Waals surface area contributed by atoms with E-state index in [1.165, 1.54) is 12.1 Å². The SMILES string of the molecule is CN=C(NCCn1cccc1)NCc1ccc([N+](=O)[O-])cc1.I. The van der Waals surface area contributed by atoms with Crippen LogP contribution in [0.2, 0.25) is 0 Å². The Morgan fingerprint density at radius 1 is 1.22 bits per heavy atom. The Labute approximate surface area is 152 Å². The molecule has 124 valence electrons. The largest absolute Gasteiger partial charge is 0.355 e. The molecule has 0 amide bonds. The highest BCUT2D eigenvalue weighted by Gasteiger charge is 2.04. The maximum Gasteiger partial charge on any atom is 0.269 e. The summed E-state index contributed by atoms with van der Waals surface area (Å²) in [7, 11) is 1.71. The molecular weight excluding hydrogens is 409 g/mol. The Morgan fingerprint density at radius 2 is 1.87 bits per heavy atom. The van der Waals surface area contributed by atoms with Gasteiger partial charge in [-0.15, -0.1) is 24.0 Å². The highest BCUT2D eigenvalue weighted by Crippen LogP contribution is 2.11. The molecule has 0 fully saturated rings. The molecule has 0 aliphatic heterocycles. The lowest BCUT2D eigenvalue weighted by Gasteiger charge is -2.12. The van der Waals surface area contributed by atoms with Crippen LogP contribution in [0.5, 0.6) is 0 Å². The molecule has 1 aromatic carbocycles. The van der Waals surface area contributed by atoms with Crippen LogP contribution in [0.3, 0.4) is 0 Å². The summed E-state index contributed by atoms with van der Waals surface area (Å²) in [5.41, 5.74) is 1.05. The Balaban J connectivity index is 0.00000264. The molecular formula is C15H20IN5O2. The molecule has 7 nitrogen and oxygen atoms in total. The van der Waals surface area contributed by atoms with E-state index in [1.54, 1.807) is 19.2 Å². The third kappa shape index (κ3) is 6.27. The van der Waals surface area contributed by atoms with Crippen molar-refractivity contribution in [3.63, 3.8) is 0 Å². The molecule has 0 unspecified atom stereocenters. The normalized spacial score (nSPS) is 10.7. The summed E-state index contributed by atoms with van der Waals surface area (Å²) in [6, 6.07) is 10.4. The summed E-state index contributed by atoms with van der Waals surface area (Å²) < 4.78 is 2.08. The van der Waals surface area contributed by atoms with E-state index in [4.69, 9.17) is 0 Å². The van der Waals surface area contributed by atoms with Crippen molar-refractivity contribution in [3.05, 3.63) is 64.5 Å². The number of nitrogens with zero attached hydrogens (tertiary/aromatic N) is 3. The number of aromatic nitrogens is 1. The standard InChI is InChI=1S/C15H19N5O2.HI/c1-16-15(17-8-11-19-9-2-3-10-19)18-12-13-4-6-14(7-5-13)20(21)22;/h2-7,9-10H,8,11-12H2,1H3,(H2,16,17,18);1H. The second-order valence-corrected chi connectivity index (χ2v) is 4.70. The van der Waals surface area contributed by atoms with E-state index >= 15 is 0 Å². The van der Waals surface area contributed by atoms with Crippen LogP contribution in [0.1, 0.15) is 5.56 Å². The average molecular weight is 429 g/mol. The Hall–Kier alpha value is -2.10. The van der Waals surface area contributed by atoms with E-state index in [0.717, 1.165) is 18.7 Å². The molecule has 0 spiro atoms. The molecule has 1 heterocycles. The van der Waals surface area contributed by atoms with Gasteiger partial charge in [-0.25, -0.2) is 0 Å². The van der Waals surface area contributed by atoms with Gasteiger partial charge in [0.25, 0.3) is 5.69 Å². The molecule has 2 aromatic rings. The fraction of sp³-hybridized carbons (Fsp3) is 0.267. The number of rotatable bonds is 6. The molecule has 0 aliphatic carbocycles. The number of hydrogen-bond donors (Lipinski definition) is 2. The summed E-state index contributed by atoms with van der Waals surface area (Å²) in [5.74, 6) is 0.700. The van der Waals surface area contributed by atoms with Gasteiger partial charge in [-0.2, -0.15) is 0 Å². The lowest BCUT2D eigenvalue weighted by atomic mass is 10.2. The van der Waals surface area contributed by atoms with Gasteiger partial charge in [0.05, 0.1) is 4.92 Å². The number of benzene rings is 1. The number of aliphatic imine (C=N–C) groups is 1. The number of hydrogen-bond acceptors (Lipinski definition) is 3. The van der Waals surface area contributed by atoms with E-state index in [9.17, 15) is 10.1 Å².